The molecule has 2 aliphatic heterocycles. The number of hydrogen-bond acceptors (Lipinski definition) is 4. The van der Waals surface area contributed by atoms with Gasteiger partial charge >= 0.3 is 0 Å². The third kappa shape index (κ3) is 3.78. The summed E-state index contributed by atoms with van der Waals surface area (Å²) in [6, 6.07) is 13.4. The highest BCUT2D eigenvalue weighted by Gasteiger charge is 2.42. The first kappa shape index (κ1) is 18.6. The largest absolute Gasteiger partial charge is 0.363 e. The van der Waals surface area contributed by atoms with E-state index in [4.69, 9.17) is 4.74 Å². The Morgan fingerprint density at radius 2 is 1.93 bits per heavy atom. The summed E-state index contributed by atoms with van der Waals surface area (Å²) in [7, 11) is 0. The minimum Gasteiger partial charge on any atom is -0.363 e. The van der Waals surface area contributed by atoms with E-state index >= 15 is 0 Å². The summed E-state index contributed by atoms with van der Waals surface area (Å²) in [4.78, 5) is 33.2. The molecule has 2 amide bonds. The molecule has 2 fully saturated rings. The van der Waals surface area contributed by atoms with Crippen LogP contribution >= 0.6 is 0 Å². The summed E-state index contributed by atoms with van der Waals surface area (Å²) in [5.74, 6) is -0.0540. The summed E-state index contributed by atoms with van der Waals surface area (Å²) >= 11 is 0. The van der Waals surface area contributed by atoms with E-state index in [0.29, 0.717) is 31.7 Å². The van der Waals surface area contributed by atoms with Crippen LogP contribution < -0.4 is 4.90 Å². The molecule has 1 spiro atoms. The molecule has 3 heterocycles. The van der Waals surface area contributed by atoms with Crippen molar-refractivity contribution in [3.8, 4) is 0 Å². The topological polar surface area (TPSA) is 62.7 Å². The van der Waals surface area contributed by atoms with E-state index in [9.17, 15) is 9.59 Å². The number of aromatic nitrogens is 1. The first-order chi connectivity index (χ1) is 13.6. The molecule has 1 atom stereocenters. The monoisotopic (exact) mass is 379 g/mol. The van der Waals surface area contributed by atoms with E-state index in [2.05, 4.69) is 4.98 Å². The maximum Gasteiger partial charge on any atom is 0.272 e. The zero-order chi connectivity index (χ0) is 19.6. The van der Waals surface area contributed by atoms with Gasteiger partial charge in [0, 0.05) is 25.0 Å². The number of carbonyl (C=O) groups excluding carboxylic acids is 2. The number of amides is 2. The molecule has 28 heavy (non-hydrogen) atoms. The fraction of sp³-hybridized carbons (Fsp3) is 0.409. The summed E-state index contributed by atoms with van der Waals surface area (Å²) in [5, 5.41) is 0. The normalized spacial score (nSPS) is 23.0. The Morgan fingerprint density at radius 1 is 1.11 bits per heavy atom. The maximum atomic E-state index is 12.8. The van der Waals surface area contributed by atoms with Crippen LogP contribution in [0, 0.1) is 6.92 Å². The smallest absolute Gasteiger partial charge is 0.272 e. The Hall–Kier alpha value is -2.73. The van der Waals surface area contributed by atoms with Gasteiger partial charge in [0.05, 0.1) is 12.1 Å². The minimum atomic E-state index is -0.403. The fourth-order valence-corrected chi connectivity index (χ4v) is 3.99. The molecule has 146 valence electrons. The van der Waals surface area contributed by atoms with Crippen LogP contribution in [-0.4, -0.2) is 53.5 Å². The van der Waals surface area contributed by atoms with Crippen LogP contribution in [0.1, 0.15) is 35.3 Å². The van der Waals surface area contributed by atoms with Crippen LogP contribution in [0.3, 0.4) is 0 Å². The predicted octanol–water partition coefficient (Wildman–Crippen LogP) is 2.82. The zero-order valence-corrected chi connectivity index (χ0v) is 16.1. The number of morpholine rings is 1. The summed E-state index contributed by atoms with van der Waals surface area (Å²) in [6.07, 6.45) is 4.10. The van der Waals surface area contributed by atoms with Gasteiger partial charge in [-0.1, -0.05) is 24.3 Å². The molecule has 2 aliphatic rings. The van der Waals surface area contributed by atoms with Crippen LogP contribution in [0.25, 0.3) is 0 Å². The molecule has 0 N–H and O–H groups in total. The van der Waals surface area contributed by atoms with Crippen molar-refractivity contribution < 1.29 is 14.3 Å². The van der Waals surface area contributed by atoms with Gasteiger partial charge in [-0.2, -0.15) is 0 Å². The SMILES string of the molecule is Cc1ccc(C(=O)N2CCCC3(CC2)CN(c2ccccc2)C(=O)CO3)nc1. The number of nitrogens with zero attached hydrogens (tertiary/aromatic N) is 3. The molecule has 1 aromatic heterocycles. The summed E-state index contributed by atoms with van der Waals surface area (Å²) in [5.41, 5.74) is 2.01. The van der Waals surface area contributed by atoms with Gasteiger partial charge in [0.1, 0.15) is 12.3 Å². The van der Waals surface area contributed by atoms with Gasteiger partial charge in [-0.25, -0.2) is 0 Å². The molecule has 1 unspecified atom stereocenters. The van der Waals surface area contributed by atoms with Crippen molar-refractivity contribution >= 4 is 17.5 Å². The fourth-order valence-electron chi connectivity index (χ4n) is 3.99. The van der Waals surface area contributed by atoms with Crippen LogP contribution in [-0.2, 0) is 9.53 Å². The first-order valence-electron chi connectivity index (χ1n) is 9.78. The number of pyridine rings is 1. The molecular weight excluding hydrogens is 354 g/mol. The van der Waals surface area contributed by atoms with Gasteiger partial charge in [0.15, 0.2) is 0 Å². The zero-order valence-electron chi connectivity index (χ0n) is 16.1. The average Bonchev–Trinajstić information content (AvgIpc) is 2.93. The lowest BCUT2D eigenvalue weighted by Crippen LogP contribution is -2.55. The molecule has 0 saturated carbocycles. The molecule has 4 rings (SSSR count). The Labute approximate surface area is 165 Å². The third-order valence-electron chi connectivity index (χ3n) is 5.63. The maximum absolute atomic E-state index is 12.8. The van der Waals surface area contributed by atoms with E-state index in [0.717, 1.165) is 24.1 Å². The van der Waals surface area contributed by atoms with Gasteiger partial charge in [-0.3, -0.25) is 14.6 Å². The number of rotatable bonds is 2. The van der Waals surface area contributed by atoms with Crippen LogP contribution in [0.4, 0.5) is 5.69 Å². The van der Waals surface area contributed by atoms with Crippen molar-refractivity contribution in [2.75, 3.05) is 31.1 Å². The van der Waals surface area contributed by atoms with Crippen molar-refractivity contribution in [1.29, 1.82) is 0 Å². The van der Waals surface area contributed by atoms with Crippen LogP contribution in [0.2, 0.25) is 0 Å². The molecule has 1 aromatic carbocycles. The van der Waals surface area contributed by atoms with Crippen molar-refractivity contribution in [3.05, 3.63) is 59.9 Å². The number of carbonyl (C=O) groups is 2. The highest BCUT2D eigenvalue weighted by atomic mass is 16.5. The average molecular weight is 379 g/mol. The van der Waals surface area contributed by atoms with Gasteiger partial charge in [0.2, 0.25) is 0 Å². The second-order valence-corrected chi connectivity index (χ2v) is 7.65. The minimum absolute atomic E-state index is 0.0159. The summed E-state index contributed by atoms with van der Waals surface area (Å²) in [6.45, 7) is 3.85. The Balaban J connectivity index is 1.47. The number of likely N-dealkylation sites (tertiary alicyclic amines) is 1. The number of para-hydroxylation sites is 1. The molecule has 2 saturated heterocycles. The van der Waals surface area contributed by atoms with Gasteiger partial charge < -0.3 is 14.5 Å². The number of benzene rings is 1. The van der Waals surface area contributed by atoms with Crippen molar-refractivity contribution in [3.63, 3.8) is 0 Å². The Kier molecular flexibility index (Phi) is 5.13. The number of anilines is 1. The van der Waals surface area contributed by atoms with E-state index in [1.807, 2.05) is 53.1 Å². The lowest BCUT2D eigenvalue weighted by molar-refractivity contribution is -0.140. The Morgan fingerprint density at radius 3 is 2.68 bits per heavy atom. The molecule has 0 bridgehead atoms. The lowest BCUT2D eigenvalue weighted by atomic mass is 9.92. The van der Waals surface area contributed by atoms with Gasteiger partial charge in [0.25, 0.3) is 11.8 Å². The van der Waals surface area contributed by atoms with Crippen molar-refractivity contribution in [1.82, 2.24) is 9.88 Å². The van der Waals surface area contributed by atoms with E-state index in [-0.39, 0.29) is 18.4 Å². The molecule has 0 aliphatic carbocycles. The highest BCUT2D eigenvalue weighted by molar-refractivity contribution is 5.95. The highest BCUT2D eigenvalue weighted by Crippen LogP contribution is 2.33. The second kappa shape index (κ2) is 7.72. The molecule has 0 radical (unpaired) electrons. The molecule has 6 nitrogen and oxygen atoms in total. The van der Waals surface area contributed by atoms with Crippen molar-refractivity contribution in [2.24, 2.45) is 0 Å². The van der Waals surface area contributed by atoms with E-state index in [1.165, 1.54) is 0 Å². The molecular formula is C22H25N3O3. The summed E-state index contributed by atoms with van der Waals surface area (Å²) < 4.78 is 6.06. The van der Waals surface area contributed by atoms with E-state index in [1.54, 1.807) is 12.3 Å². The third-order valence-corrected chi connectivity index (χ3v) is 5.63. The van der Waals surface area contributed by atoms with Crippen molar-refractivity contribution in [2.45, 2.75) is 31.8 Å². The number of hydrogen-bond donors (Lipinski definition) is 0. The quantitative estimate of drug-likeness (QED) is 0.805. The van der Waals surface area contributed by atoms with Crippen LogP contribution in [0.5, 0.6) is 0 Å². The standard InChI is InChI=1S/C22H25N3O3/c1-17-8-9-19(23-14-17)21(27)24-12-5-10-22(11-13-24)16-25(20(26)15-28-22)18-6-3-2-4-7-18/h2-4,6-9,14H,5,10-13,15-16H2,1H3. The van der Waals surface area contributed by atoms with Gasteiger partial charge in [-0.15, -0.1) is 0 Å². The van der Waals surface area contributed by atoms with Crippen LogP contribution in [0.15, 0.2) is 48.7 Å². The molecule has 6 heteroatoms. The second-order valence-electron chi connectivity index (χ2n) is 7.65. The predicted molar refractivity (Wildman–Crippen MR) is 106 cm³/mol. The lowest BCUT2D eigenvalue weighted by Gasteiger charge is -2.42. The van der Waals surface area contributed by atoms with E-state index < -0.39 is 5.60 Å². The number of ether oxygens (including phenoxy) is 1. The van der Waals surface area contributed by atoms with Gasteiger partial charge in [-0.05, 0) is 49.9 Å². The number of aryl methyl sites for hydroxylation is 1. The molecule has 2 aromatic rings. The Bertz CT molecular complexity index is 853. The first-order valence-corrected chi connectivity index (χ1v) is 9.78.